The molecule has 2 nitrogen and oxygen atoms in total. The standard InChI is InChI=1S/C11H24O2S/c1-5-7(2)10(13)9(4)11(14)8(3)6-12/h7-14H,5-6H2,1-4H3/t7?,8?,9?,10-,11?/m0/s1. The lowest BCUT2D eigenvalue weighted by Crippen LogP contribution is -2.35. The maximum absolute atomic E-state index is 9.97. The van der Waals surface area contributed by atoms with Crippen LogP contribution in [0.4, 0.5) is 0 Å². The second kappa shape index (κ2) is 6.70. The number of thiol groups is 1. The second-order valence-electron chi connectivity index (χ2n) is 4.39. The first-order chi connectivity index (χ1) is 6.45. The van der Waals surface area contributed by atoms with Crippen LogP contribution in [0.1, 0.15) is 34.1 Å². The number of rotatable bonds is 6. The molecule has 0 aromatic heterocycles. The van der Waals surface area contributed by atoms with Crippen molar-refractivity contribution < 1.29 is 10.2 Å². The Morgan fingerprint density at radius 3 is 2.00 bits per heavy atom. The molecular formula is C11H24O2S. The molecule has 4 unspecified atom stereocenters. The summed E-state index contributed by atoms with van der Waals surface area (Å²) in [5.41, 5.74) is 0. The van der Waals surface area contributed by atoms with Gasteiger partial charge in [0.2, 0.25) is 0 Å². The Bertz CT molecular complexity index is 136. The van der Waals surface area contributed by atoms with Crippen molar-refractivity contribution in [1.29, 1.82) is 0 Å². The van der Waals surface area contributed by atoms with Crippen LogP contribution in [0.2, 0.25) is 0 Å². The van der Waals surface area contributed by atoms with Crippen molar-refractivity contribution in [2.45, 2.75) is 45.5 Å². The Labute approximate surface area is 93.1 Å². The van der Waals surface area contributed by atoms with E-state index in [0.29, 0.717) is 5.92 Å². The van der Waals surface area contributed by atoms with Gasteiger partial charge in [-0.1, -0.05) is 34.1 Å². The third-order valence-corrected chi connectivity index (χ3v) is 4.15. The molecular weight excluding hydrogens is 196 g/mol. The minimum atomic E-state index is -0.323. The highest BCUT2D eigenvalue weighted by atomic mass is 32.1. The fraction of sp³-hybridized carbons (Fsp3) is 1.00. The van der Waals surface area contributed by atoms with Crippen LogP contribution in [-0.2, 0) is 0 Å². The third-order valence-electron chi connectivity index (χ3n) is 3.18. The average molecular weight is 220 g/mol. The largest absolute Gasteiger partial charge is 0.396 e. The van der Waals surface area contributed by atoms with Gasteiger partial charge in [-0.15, -0.1) is 0 Å². The van der Waals surface area contributed by atoms with Crippen LogP contribution >= 0.6 is 12.6 Å². The first-order valence-electron chi connectivity index (χ1n) is 5.42. The predicted octanol–water partition coefficient (Wildman–Crippen LogP) is 1.96. The van der Waals surface area contributed by atoms with Crippen molar-refractivity contribution in [3.63, 3.8) is 0 Å². The molecule has 0 aliphatic heterocycles. The van der Waals surface area contributed by atoms with Gasteiger partial charge < -0.3 is 10.2 Å². The normalized spacial score (nSPS) is 22.5. The van der Waals surface area contributed by atoms with Crippen LogP contribution in [0.3, 0.4) is 0 Å². The van der Waals surface area contributed by atoms with Crippen LogP contribution in [-0.4, -0.2) is 28.2 Å². The molecule has 0 amide bonds. The molecule has 0 aliphatic carbocycles. The quantitative estimate of drug-likeness (QED) is 0.599. The predicted molar refractivity (Wildman–Crippen MR) is 63.6 cm³/mol. The van der Waals surface area contributed by atoms with Gasteiger partial charge in [-0.25, -0.2) is 0 Å². The summed E-state index contributed by atoms with van der Waals surface area (Å²) >= 11 is 4.45. The number of aliphatic hydroxyl groups excluding tert-OH is 2. The van der Waals surface area contributed by atoms with Gasteiger partial charge in [0, 0.05) is 11.9 Å². The van der Waals surface area contributed by atoms with Gasteiger partial charge in [0.15, 0.2) is 0 Å². The van der Waals surface area contributed by atoms with Crippen molar-refractivity contribution in [2.75, 3.05) is 6.61 Å². The number of hydrogen-bond acceptors (Lipinski definition) is 3. The molecule has 14 heavy (non-hydrogen) atoms. The van der Waals surface area contributed by atoms with Crippen molar-refractivity contribution in [3.05, 3.63) is 0 Å². The van der Waals surface area contributed by atoms with Crippen LogP contribution in [0.25, 0.3) is 0 Å². The molecule has 0 aromatic carbocycles. The van der Waals surface area contributed by atoms with Gasteiger partial charge in [-0.2, -0.15) is 12.6 Å². The van der Waals surface area contributed by atoms with Gasteiger partial charge in [0.1, 0.15) is 0 Å². The number of aliphatic hydroxyl groups is 2. The summed E-state index contributed by atoms with van der Waals surface area (Å²) < 4.78 is 0. The van der Waals surface area contributed by atoms with Gasteiger partial charge in [0.25, 0.3) is 0 Å². The minimum absolute atomic E-state index is 0.0593. The molecule has 2 N–H and O–H groups in total. The van der Waals surface area contributed by atoms with Crippen LogP contribution in [0, 0.1) is 17.8 Å². The summed E-state index contributed by atoms with van der Waals surface area (Å²) in [7, 11) is 0. The molecule has 3 heteroatoms. The summed E-state index contributed by atoms with van der Waals surface area (Å²) in [6.07, 6.45) is 0.649. The molecule has 0 saturated heterocycles. The average Bonchev–Trinajstić information content (AvgIpc) is 2.23. The Morgan fingerprint density at radius 1 is 1.14 bits per heavy atom. The molecule has 0 rings (SSSR count). The van der Waals surface area contributed by atoms with E-state index >= 15 is 0 Å². The highest BCUT2D eigenvalue weighted by molar-refractivity contribution is 7.81. The van der Waals surface area contributed by atoms with E-state index in [1.54, 1.807) is 0 Å². The molecule has 86 valence electrons. The third kappa shape index (κ3) is 3.79. The summed E-state index contributed by atoms with van der Waals surface area (Å²) in [6.45, 7) is 8.21. The highest BCUT2D eigenvalue weighted by Crippen LogP contribution is 2.26. The van der Waals surface area contributed by atoms with Gasteiger partial charge >= 0.3 is 0 Å². The van der Waals surface area contributed by atoms with Gasteiger partial charge in [0.05, 0.1) is 6.10 Å². The van der Waals surface area contributed by atoms with Crippen molar-refractivity contribution >= 4 is 12.6 Å². The van der Waals surface area contributed by atoms with E-state index < -0.39 is 0 Å². The van der Waals surface area contributed by atoms with E-state index in [2.05, 4.69) is 19.6 Å². The maximum atomic E-state index is 9.97. The summed E-state index contributed by atoms with van der Waals surface area (Å²) in [5, 5.41) is 19.0. The molecule has 0 bridgehead atoms. The Hall–Kier alpha value is 0.270. The first kappa shape index (κ1) is 14.3. The SMILES string of the molecule is CCC(C)[C@H](O)C(C)C(S)C(C)CO. The smallest absolute Gasteiger partial charge is 0.0601 e. The van der Waals surface area contributed by atoms with Crippen LogP contribution in [0.5, 0.6) is 0 Å². The zero-order valence-electron chi connectivity index (χ0n) is 9.64. The van der Waals surface area contributed by atoms with E-state index in [-0.39, 0.29) is 29.8 Å². The van der Waals surface area contributed by atoms with E-state index in [1.165, 1.54) is 0 Å². The van der Waals surface area contributed by atoms with Crippen LogP contribution < -0.4 is 0 Å². The first-order valence-corrected chi connectivity index (χ1v) is 5.94. The molecule has 0 radical (unpaired) electrons. The van der Waals surface area contributed by atoms with E-state index in [9.17, 15) is 5.11 Å². The zero-order valence-corrected chi connectivity index (χ0v) is 10.5. The van der Waals surface area contributed by atoms with E-state index in [4.69, 9.17) is 5.11 Å². The van der Waals surface area contributed by atoms with Crippen LogP contribution in [0.15, 0.2) is 0 Å². The van der Waals surface area contributed by atoms with E-state index in [1.807, 2.05) is 20.8 Å². The number of hydrogen-bond donors (Lipinski definition) is 3. The summed E-state index contributed by atoms with van der Waals surface area (Å²) in [4.78, 5) is 0. The Morgan fingerprint density at radius 2 is 1.64 bits per heavy atom. The lowest BCUT2D eigenvalue weighted by molar-refractivity contribution is 0.0521. The minimum Gasteiger partial charge on any atom is -0.396 e. The molecule has 0 fully saturated rings. The highest BCUT2D eigenvalue weighted by Gasteiger charge is 2.28. The van der Waals surface area contributed by atoms with Crippen molar-refractivity contribution in [1.82, 2.24) is 0 Å². The molecule has 0 spiro atoms. The molecule has 5 atom stereocenters. The van der Waals surface area contributed by atoms with Crippen molar-refractivity contribution in [3.8, 4) is 0 Å². The molecule has 0 aliphatic rings. The monoisotopic (exact) mass is 220 g/mol. The Balaban J connectivity index is 4.22. The molecule has 0 heterocycles. The van der Waals surface area contributed by atoms with Crippen molar-refractivity contribution in [2.24, 2.45) is 17.8 Å². The zero-order chi connectivity index (χ0) is 11.3. The maximum Gasteiger partial charge on any atom is 0.0601 e. The molecule has 0 aromatic rings. The van der Waals surface area contributed by atoms with E-state index in [0.717, 1.165) is 6.42 Å². The topological polar surface area (TPSA) is 40.5 Å². The lowest BCUT2D eigenvalue weighted by Gasteiger charge is -2.31. The summed E-state index contributed by atoms with van der Waals surface area (Å²) in [5.74, 6) is 0.549. The van der Waals surface area contributed by atoms with Gasteiger partial charge in [-0.05, 0) is 17.8 Å². The summed E-state index contributed by atoms with van der Waals surface area (Å²) in [6, 6.07) is 0. The Kier molecular flexibility index (Phi) is 6.83. The fourth-order valence-corrected chi connectivity index (χ4v) is 1.86. The van der Waals surface area contributed by atoms with Gasteiger partial charge in [-0.3, -0.25) is 0 Å². The lowest BCUT2D eigenvalue weighted by atomic mass is 9.85. The molecule has 0 saturated carbocycles. The fourth-order valence-electron chi connectivity index (χ4n) is 1.59. The second-order valence-corrected chi connectivity index (χ2v) is 4.98.